The van der Waals surface area contributed by atoms with E-state index >= 15 is 0 Å². The first-order valence-corrected chi connectivity index (χ1v) is 6.39. The van der Waals surface area contributed by atoms with Crippen LogP contribution in [0.25, 0.3) is 0 Å². The van der Waals surface area contributed by atoms with Crippen LogP contribution in [0.4, 0.5) is 5.69 Å². The summed E-state index contributed by atoms with van der Waals surface area (Å²) in [5, 5.41) is 11.8. The molecule has 0 amide bonds. The van der Waals surface area contributed by atoms with Gasteiger partial charge in [-0.1, -0.05) is 25.5 Å². The van der Waals surface area contributed by atoms with E-state index in [-0.39, 0.29) is 5.57 Å². The maximum atomic E-state index is 11.3. The number of carbonyl (C=O) groups excluding carboxylic acids is 1. The molecular weight excluding hydrogens is 256 g/mol. The first-order valence-electron chi connectivity index (χ1n) is 6.39. The van der Waals surface area contributed by atoms with Crippen molar-refractivity contribution in [3.05, 3.63) is 36.0 Å². The van der Waals surface area contributed by atoms with E-state index in [4.69, 9.17) is 10.00 Å². The Morgan fingerprint density at radius 1 is 1.45 bits per heavy atom. The van der Waals surface area contributed by atoms with Crippen LogP contribution >= 0.6 is 0 Å². The topological polar surface area (TPSA) is 71.3 Å². The molecule has 0 radical (unpaired) electrons. The van der Waals surface area contributed by atoms with Crippen molar-refractivity contribution in [3.8, 4) is 11.8 Å². The summed E-state index contributed by atoms with van der Waals surface area (Å²) in [6.45, 7) is 2.72. The molecule has 0 fully saturated rings. The number of methoxy groups -OCH3 is 1. The number of hydrogen-bond donors (Lipinski definition) is 1. The summed E-state index contributed by atoms with van der Waals surface area (Å²) in [5.74, 6) is 0.00346. The van der Waals surface area contributed by atoms with Crippen molar-refractivity contribution in [2.75, 3.05) is 19.0 Å². The minimum absolute atomic E-state index is 0.101. The molecule has 0 atom stereocenters. The number of nitrogens with one attached hydrogen (secondary N) is 1. The molecule has 0 spiro atoms. The molecule has 0 bridgehead atoms. The van der Waals surface area contributed by atoms with Crippen LogP contribution in [-0.2, 0) is 9.53 Å². The van der Waals surface area contributed by atoms with Crippen LogP contribution in [0.1, 0.15) is 19.8 Å². The van der Waals surface area contributed by atoms with Gasteiger partial charge in [-0.3, -0.25) is 0 Å². The average Bonchev–Trinajstić information content (AvgIpc) is 2.49. The summed E-state index contributed by atoms with van der Waals surface area (Å²) in [6, 6.07) is 9.12. The average molecular weight is 274 g/mol. The van der Waals surface area contributed by atoms with Crippen LogP contribution < -0.4 is 10.1 Å². The predicted molar refractivity (Wildman–Crippen MR) is 76.2 cm³/mol. The molecule has 106 valence electrons. The van der Waals surface area contributed by atoms with E-state index in [1.165, 1.54) is 13.3 Å². The van der Waals surface area contributed by atoms with E-state index in [1.807, 2.05) is 24.3 Å². The molecule has 1 rings (SSSR count). The van der Waals surface area contributed by atoms with Crippen LogP contribution in [0, 0.1) is 11.3 Å². The van der Waals surface area contributed by atoms with Gasteiger partial charge >= 0.3 is 5.97 Å². The summed E-state index contributed by atoms with van der Waals surface area (Å²) in [4.78, 5) is 11.3. The van der Waals surface area contributed by atoms with Gasteiger partial charge in [0, 0.05) is 6.20 Å². The maximum Gasteiger partial charge on any atom is 0.350 e. The molecule has 0 saturated heterocycles. The first kappa shape index (κ1) is 15.6. The van der Waals surface area contributed by atoms with E-state index in [9.17, 15) is 4.79 Å². The number of benzene rings is 1. The fourth-order valence-electron chi connectivity index (χ4n) is 1.43. The lowest BCUT2D eigenvalue weighted by atomic mass is 10.2. The Kier molecular flexibility index (Phi) is 6.69. The van der Waals surface area contributed by atoms with Gasteiger partial charge in [0.2, 0.25) is 0 Å². The number of nitriles is 1. The highest BCUT2D eigenvalue weighted by Gasteiger charge is 2.08. The zero-order valence-corrected chi connectivity index (χ0v) is 11.7. The predicted octanol–water partition coefficient (Wildman–Crippen LogP) is 2.86. The van der Waals surface area contributed by atoms with Crippen molar-refractivity contribution < 1.29 is 14.3 Å². The Morgan fingerprint density at radius 3 is 2.85 bits per heavy atom. The molecule has 0 aromatic heterocycles. The highest BCUT2D eigenvalue weighted by molar-refractivity contribution is 5.93. The van der Waals surface area contributed by atoms with Crippen molar-refractivity contribution in [1.82, 2.24) is 0 Å². The van der Waals surface area contributed by atoms with Crippen molar-refractivity contribution in [1.29, 1.82) is 5.26 Å². The van der Waals surface area contributed by atoms with E-state index in [0.717, 1.165) is 12.8 Å². The number of esters is 1. The van der Waals surface area contributed by atoms with Gasteiger partial charge in [-0.05, 0) is 18.6 Å². The molecule has 5 heteroatoms. The van der Waals surface area contributed by atoms with Crippen LogP contribution in [0.2, 0.25) is 0 Å². The molecule has 0 unspecified atom stereocenters. The Morgan fingerprint density at radius 2 is 2.20 bits per heavy atom. The molecule has 0 aliphatic heterocycles. The van der Waals surface area contributed by atoms with E-state index in [0.29, 0.717) is 18.0 Å². The number of ether oxygens (including phenoxy) is 2. The molecule has 20 heavy (non-hydrogen) atoms. The molecule has 0 aliphatic carbocycles. The zero-order chi connectivity index (χ0) is 14.8. The van der Waals surface area contributed by atoms with Gasteiger partial charge in [-0.2, -0.15) is 5.26 Å². The standard InChI is InChI=1S/C15H18N2O3/c1-3-4-9-20-14-8-6-5-7-13(14)17-11-12(10-16)15(18)19-2/h5-8,11,17H,3-4,9H2,1-2H3/b12-11-. The van der Waals surface area contributed by atoms with Gasteiger partial charge in [0.1, 0.15) is 11.8 Å². The third-order valence-electron chi connectivity index (χ3n) is 2.54. The van der Waals surface area contributed by atoms with Crippen molar-refractivity contribution in [3.63, 3.8) is 0 Å². The number of carbonyl (C=O) groups is 1. The van der Waals surface area contributed by atoms with E-state index in [1.54, 1.807) is 6.07 Å². The largest absolute Gasteiger partial charge is 0.491 e. The quantitative estimate of drug-likeness (QED) is 0.358. The van der Waals surface area contributed by atoms with Crippen LogP contribution in [0.3, 0.4) is 0 Å². The lowest BCUT2D eigenvalue weighted by molar-refractivity contribution is -0.135. The normalized spacial score (nSPS) is 10.6. The van der Waals surface area contributed by atoms with E-state index < -0.39 is 5.97 Å². The zero-order valence-electron chi connectivity index (χ0n) is 11.7. The second-order valence-corrected chi connectivity index (χ2v) is 4.00. The highest BCUT2D eigenvalue weighted by Crippen LogP contribution is 2.24. The Bertz CT molecular complexity index is 518. The summed E-state index contributed by atoms with van der Waals surface area (Å²) in [6.07, 6.45) is 3.33. The fourth-order valence-corrected chi connectivity index (χ4v) is 1.43. The third kappa shape index (κ3) is 4.65. The number of rotatable bonds is 7. The Hall–Kier alpha value is -2.48. The summed E-state index contributed by atoms with van der Waals surface area (Å²) >= 11 is 0. The minimum atomic E-state index is -0.676. The molecule has 1 aromatic rings. The molecular formula is C15H18N2O3. The molecule has 0 aliphatic rings. The molecule has 0 saturated carbocycles. The monoisotopic (exact) mass is 274 g/mol. The lowest BCUT2D eigenvalue weighted by Gasteiger charge is -2.10. The van der Waals surface area contributed by atoms with Crippen molar-refractivity contribution in [2.45, 2.75) is 19.8 Å². The highest BCUT2D eigenvalue weighted by atomic mass is 16.5. The van der Waals surface area contributed by atoms with Gasteiger partial charge in [0.15, 0.2) is 5.57 Å². The first-order chi connectivity index (χ1) is 9.72. The second-order valence-electron chi connectivity index (χ2n) is 4.00. The number of para-hydroxylation sites is 2. The number of hydrogen-bond acceptors (Lipinski definition) is 5. The van der Waals surface area contributed by atoms with Crippen LogP contribution in [0.15, 0.2) is 36.0 Å². The second kappa shape index (κ2) is 8.59. The molecule has 1 N–H and O–H groups in total. The van der Waals surface area contributed by atoms with Crippen molar-refractivity contribution in [2.24, 2.45) is 0 Å². The SMILES string of the molecule is CCCCOc1ccccc1N/C=C(/C#N)C(=O)OC. The van der Waals surface area contributed by atoms with Gasteiger partial charge in [0.25, 0.3) is 0 Å². The number of anilines is 1. The molecule has 5 nitrogen and oxygen atoms in total. The van der Waals surface area contributed by atoms with Crippen LogP contribution in [0.5, 0.6) is 5.75 Å². The van der Waals surface area contributed by atoms with Crippen molar-refractivity contribution >= 4 is 11.7 Å². The third-order valence-corrected chi connectivity index (χ3v) is 2.54. The lowest BCUT2D eigenvalue weighted by Crippen LogP contribution is -2.06. The number of nitrogens with zero attached hydrogens (tertiary/aromatic N) is 1. The van der Waals surface area contributed by atoms with Gasteiger partial charge in [-0.25, -0.2) is 4.79 Å². The van der Waals surface area contributed by atoms with Crippen LogP contribution in [-0.4, -0.2) is 19.7 Å². The smallest absolute Gasteiger partial charge is 0.350 e. The summed E-state index contributed by atoms with van der Waals surface area (Å²) in [7, 11) is 1.23. The van der Waals surface area contributed by atoms with Gasteiger partial charge in [-0.15, -0.1) is 0 Å². The minimum Gasteiger partial charge on any atom is -0.491 e. The molecule has 0 heterocycles. The Labute approximate surface area is 118 Å². The summed E-state index contributed by atoms with van der Waals surface area (Å²) in [5.41, 5.74) is 0.594. The Balaban J connectivity index is 2.79. The maximum absolute atomic E-state index is 11.3. The fraction of sp³-hybridized carbons (Fsp3) is 0.333. The number of unbranched alkanes of at least 4 members (excludes halogenated alkanes) is 1. The molecule has 1 aromatic carbocycles. The van der Waals surface area contributed by atoms with E-state index in [2.05, 4.69) is 17.0 Å². The van der Waals surface area contributed by atoms with Gasteiger partial charge < -0.3 is 14.8 Å². The summed E-state index contributed by atoms with van der Waals surface area (Å²) < 4.78 is 10.1. The van der Waals surface area contributed by atoms with Gasteiger partial charge in [0.05, 0.1) is 19.4 Å².